The van der Waals surface area contributed by atoms with E-state index in [2.05, 4.69) is 10.3 Å². The average molecular weight is 267 g/mol. The van der Waals surface area contributed by atoms with Crippen molar-refractivity contribution >= 4 is 5.97 Å². The molecule has 0 radical (unpaired) electrons. The monoisotopic (exact) mass is 267 g/mol. The van der Waals surface area contributed by atoms with Crippen molar-refractivity contribution in [2.75, 3.05) is 0 Å². The van der Waals surface area contributed by atoms with E-state index in [1.807, 2.05) is 0 Å². The summed E-state index contributed by atoms with van der Waals surface area (Å²) in [5.74, 6) is -2.61. The van der Waals surface area contributed by atoms with E-state index >= 15 is 0 Å². The highest BCUT2D eigenvalue weighted by molar-refractivity contribution is 5.86. The maximum absolute atomic E-state index is 13.5. The lowest BCUT2D eigenvalue weighted by Crippen LogP contribution is -2.11. The van der Waals surface area contributed by atoms with Gasteiger partial charge in [0.1, 0.15) is 11.6 Å². The first-order valence-corrected chi connectivity index (χ1v) is 5.63. The molecule has 0 spiro atoms. The van der Waals surface area contributed by atoms with Crippen molar-refractivity contribution in [3.8, 4) is 0 Å². The summed E-state index contributed by atoms with van der Waals surface area (Å²) in [5.41, 5.74) is -0.0339. The van der Waals surface area contributed by atoms with Crippen LogP contribution in [-0.4, -0.2) is 26.1 Å². The predicted molar refractivity (Wildman–Crippen MR) is 61.8 cm³/mol. The van der Waals surface area contributed by atoms with Gasteiger partial charge in [-0.1, -0.05) is 18.2 Å². The number of aromatic carboxylic acids is 1. The number of nitrogens with zero attached hydrogens (tertiary/aromatic N) is 3. The van der Waals surface area contributed by atoms with Crippen molar-refractivity contribution in [2.45, 2.75) is 19.9 Å². The molecule has 0 atom stereocenters. The highest BCUT2D eigenvalue weighted by atomic mass is 19.1. The third kappa shape index (κ3) is 2.44. The van der Waals surface area contributed by atoms with Gasteiger partial charge in [0, 0.05) is 5.56 Å². The molecule has 0 aliphatic carbocycles. The number of aromatic nitrogens is 3. The second-order valence-electron chi connectivity index (χ2n) is 3.90. The van der Waals surface area contributed by atoms with Gasteiger partial charge in [-0.05, 0) is 18.6 Å². The first kappa shape index (κ1) is 13.1. The molecule has 0 amide bonds. The predicted octanol–water partition coefficient (Wildman–Crippen LogP) is 1.87. The van der Waals surface area contributed by atoms with Crippen LogP contribution in [0.15, 0.2) is 18.2 Å². The summed E-state index contributed by atoms with van der Waals surface area (Å²) in [6.07, 6.45) is 0.352. The van der Waals surface area contributed by atoms with E-state index in [4.69, 9.17) is 5.11 Å². The number of hydrogen-bond donors (Lipinski definition) is 1. The standard InChI is InChI=1S/C12H11F2N3O2/c1-2-10-11(12(18)19)15-16-17(10)6-7-8(13)4-3-5-9(7)14/h3-5H,2,6H2,1H3,(H,18,19). The van der Waals surface area contributed by atoms with E-state index in [1.54, 1.807) is 6.92 Å². The zero-order valence-corrected chi connectivity index (χ0v) is 10.1. The Balaban J connectivity index is 2.42. The molecule has 100 valence electrons. The molecule has 2 rings (SSSR count). The quantitative estimate of drug-likeness (QED) is 0.918. The SMILES string of the molecule is CCc1c(C(=O)O)nnn1Cc1c(F)cccc1F. The lowest BCUT2D eigenvalue weighted by molar-refractivity contribution is 0.0689. The molecule has 1 aromatic carbocycles. The fourth-order valence-electron chi connectivity index (χ4n) is 1.81. The summed E-state index contributed by atoms with van der Waals surface area (Å²) in [7, 11) is 0. The van der Waals surface area contributed by atoms with Crippen LogP contribution in [0.25, 0.3) is 0 Å². The highest BCUT2D eigenvalue weighted by Gasteiger charge is 2.19. The molecule has 0 bridgehead atoms. The van der Waals surface area contributed by atoms with Gasteiger partial charge < -0.3 is 5.11 Å². The van der Waals surface area contributed by atoms with E-state index in [-0.39, 0.29) is 17.8 Å². The molecule has 0 aliphatic rings. The summed E-state index contributed by atoms with van der Waals surface area (Å²) in [5, 5.41) is 16.1. The van der Waals surface area contributed by atoms with Crippen LogP contribution in [0, 0.1) is 11.6 Å². The van der Waals surface area contributed by atoms with Crippen molar-refractivity contribution in [1.82, 2.24) is 15.0 Å². The van der Waals surface area contributed by atoms with Gasteiger partial charge >= 0.3 is 5.97 Å². The number of carbonyl (C=O) groups is 1. The molecule has 19 heavy (non-hydrogen) atoms. The van der Waals surface area contributed by atoms with Crippen LogP contribution >= 0.6 is 0 Å². The van der Waals surface area contributed by atoms with E-state index in [9.17, 15) is 13.6 Å². The minimum Gasteiger partial charge on any atom is -0.476 e. The summed E-state index contributed by atoms with van der Waals surface area (Å²) in [6.45, 7) is 1.53. The molecule has 1 N–H and O–H groups in total. The van der Waals surface area contributed by atoms with Gasteiger partial charge in [0.25, 0.3) is 0 Å². The van der Waals surface area contributed by atoms with Crippen LogP contribution in [0.1, 0.15) is 28.7 Å². The van der Waals surface area contributed by atoms with Crippen LogP contribution in [0.5, 0.6) is 0 Å². The number of benzene rings is 1. The Hall–Kier alpha value is -2.31. The lowest BCUT2D eigenvalue weighted by Gasteiger charge is -2.07. The minimum atomic E-state index is -1.21. The number of halogens is 2. The fourth-order valence-corrected chi connectivity index (χ4v) is 1.81. The third-order valence-corrected chi connectivity index (χ3v) is 2.74. The molecule has 7 heteroatoms. The van der Waals surface area contributed by atoms with E-state index < -0.39 is 17.6 Å². The largest absolute Gasteiger partial charge is 0.476 e. The van der Waals surface area contributed by atoms with Crippen LogP contribution in [0.2, 0.25) is 0 Å². The normalized spacial score (nSPS) is 10.7. The first-order chi connectivity index (χ1) is 9.04. The lowest BCUT2D eigenvalue weighted by atomic mass is 10.2. The zero-order chi connectivity index (χ0) is 14.0. The van der Waals surface area contributed by atoms with Crippen molar-refractivity contribution < 1.29 is 18.7 Å². The topological polar surface area (TPSA) is 68.0 Å². The van der Waals surface area contributed by atoms with Crippen molar-refractivity contribution in [1.29, 1.82) is 0 Å². The minimum absolute atomic E-state index is 0.168. The van der Waals surface area contributed by atoms with E-state index in [0.29, 0.717) is 12.1 Å². The number of carboxylic acid groups (broad SMARTS) is 1. The van der Waals surface area contributed by atoms with Gasteiger partial charge in [0.05, 0.1) is 12.2 Å². The Bertz CT molecular complexity index is 605. The molecule has 2 aromatic rings. The van der Waals surface area contributed by atoms with Gasteiger partial charge in [-0.15, -0.1) is 5.10 Å². The van der Waals surface area contributed by atoms with Crippen molar-refractivity contribution in [3.05, 3.63) is 46.8 Å². The van der Waals surface area contributed by atoms with Gasteiger partial charge in [-0.3, -0.25) is 0 Å². The summed E-state index contributed by atoms with van der Waals surface area (Å²) in [4.78, 5) is 10.9. The highest BCUT2D eigenvalue weighted by Crippen LogP contribution is 2.15. The maximum Gasteiger partial charge on any atom is 0.358 e. The van der Waals surface area contributed by atoms with Gasteiger partial charge in [-0.25, -0.2) is 18.3 Å². The Labute approximate surface area is 107 Å². The van der Waals surface area contributed by atoms with E-state index in [0.717, 1.165) is 12.1 Å². The Kier molecular flexibility index (Phi) is 3.55. The Morgan fingerprint density at radius 1 is 1.37 bits per heavy atom. The number of hydrogen-bond acceptors (Lipinski definition) is 3. The van der Waals surface area contributed by atoms with Gasteiger partial charge in [0.2, 0.25) is 0 Å². The number of rotatable bonds is 4. The summed E-state index contributed by atoms with van der Waals surface area (Å²) in [6, 6.07) is 3.54. The second kappa shape index (κ2) is 5.13. The van der Waals surface area contributed by atoms with Gasteiger partial charge in [-0.2, -0.15) is 0 Å². The third-order valence-electron chi connectivity index (χ3n) is 2.74. The molecular formula is C12H11F2N3O2. The van der Waals surface area contributed by atoms with Crippen LogP contribution in [0.4, 0.5) is 8.78 Å². The maximum atomic E-state index is 13.5. The summed E-state index contributed by atoms with van der Waals surface area (Å²) < 4.78 is 28.2. The molecule has 1 aromatic heterocycles. The fraction of sp³-hybridized carbons (Fsp3) is 0.250. The number of carboxylic acids is 1. The van der Waals surface area contributed by atoms with Crippen LogP contribution < -0.4 is 0 Å². The molecule has 5 nitrogen and oxygen atoms in total. The smallest absolute Gasteiger partial charge is 0.358 e. The summed E-state index contributed by atoms with van der Waals surface area (Å²) >= 11 is 0. The van der Waals surface area contributed by atoms with Crippen molar-refractivity contribution in [2.24, 2.45) is 0 Å². The van der Waals surface area contributed by atoms with Gasteiger partial charge in [0.15, 0.2) is 5.69 Å². The molecule has 0 aliphatic heterocycles. The van der Waals surface area contributed by atoms with E-state index in [1.165, 1.54) is 10.7 Å². The molecule has 0 saturated carbocycles. The van der Waals surface area contributed by atoms with Crippen molar-refractivity contribution in [3.63, 3.8) is 0 Å². The molecular weight excluding hydrogens is 256 g/mol. The molecule has 0 saturated heterocycles. The zero-order valence-electron chi connectivity index (χ0n) is 10.1. The first-order valence-electron chi connectivity index (χ1n) is 5.63. The van der Waals surface area contributed by atoms with Crippen LogP contribution in [-0.2, 0) is 13.0 Å². The molecule has 0 fully saturated rings. The second-order valence-corrected chi connectivity index (χ2v) is 3.90. The Morgan fingerprint density at radius 2 is 2.00 bits per heavy atom. The Morgan fingerprint density at radius 3 is 2.53 bits per heavy atom. The van der Waals surface area contributed by atoms with Crippen LogP contribution in [0.3, 0.4) is 0 Å². The molecule has 0 unspecified atom stereocenters. The molecule has 1 heterocycles. The average Bonchev–Trinajstić information content (AvgIpc) is 2.77.